The van der Waals surface area contributed by atoms with Gasteiger partial charge in [0.25, 0.3) is 0 Å². The third kappa shape index (κ3) is 3.61. The van der Waals surface area contributed by atoms with E-state index in [-0.39, 0.29) is 12.7 Å². The van der Waals surface area contributed by atoms with Gasteiger partial charge in [-0.25, -0.2) is 4.98 Å². The fourth-order valence-electron chi connectivity index (χ4n) is 3.41. The van der Waals surface area contributed by atoms with Crippen molar-refractivity contribution >= 4 is 17.4 Å². The Morgan fingerprint density at radius 2 is 1.93 bits per heavy atom. The first-order chi connectivity index (χ1) is 14.6. The molecule has 1 fully saturated rings. The maximum atomic E-state index is 13.0. The maximum absolute atomic E-state index is 13.0. The molecule has 154 valence electrons. The minimum absolute atomic E-state index is 0.0520. The molecular weight excluding hydrogens is 382 g/mol. The summed E-state index contributed by atoms with van der Waals surface area (Å²) < 4.78 is 16.1. The van der Waals surface area contributed by atoms with E-state index >= 15 is 0 Å². The second-order valence-corrected chi connectivity index (χ2v) is 7.05. The summed E-state index contributed by atoms with van der Waals surface area (Å²) in [6, 6.07) is 9.26. The van der Waals surface area contributed by atoms with Crippen LogP contribution < -0.4 is 20.1 Å². The molecule has 0 bridgehead atoms. The molecule has 2 aliphatic rings. The molecule has 2 N–H and O–H groups in total. The standard InChI is InChI=1S/C23H23N3O4/c1-4-17(18(5-2)28-3)26-21-9-7-16(13-24-21)25-22(27)23(10-11-23)15-6-8-19-20(12-15)30-14-29-19/h4-9,12-13H,1-2,10-11,14H2,3H3,(H,24,26)(H,25,27)/b18-17-. The van der Waals surface area contributed by atoms with Crippen molar-refractivity contribution in [2.75, 3.05) is 24.5 Å². The number of carbonyl (C=O) groups is 1. The number of benzene rings is 1. The Morgan fingerprint density at radius 1 is 1.13 bits per heavy atom. The molecule has 2 heterocycles. The van der Waals surface area contributed by atoms with E-state index in [0.717, 1.165) is 18.4 Å². The molecule has 1 saturated carbocycles. The lowest BCUT2D eigenvalue weighted by molar-refractivity contribution is -0.118. The predicted octanol–water partition coefficient (Wildman–Crippen LogP) is 4.12. The van der Waals surface area contributed by atoms with Gasteiger partial charge in [-0.1, -0.05) is 19.2 Å². The second-order valence-electron chi connectivity index (χ2n) is 7.05. The molecule has 1 amide bonds. The number of ether oxygens (including phenoxy) is 3. The van der Waals surface area contributed by atoms with E-state index in [1.165, 1.54) is 0 Å². The quantitative estimate of drug-likeness (QED) is 0.508. The number of rotatable bonds is 8. The van der Waals surface area contributed by atoms with Crippen LogP contribution in [-0.4, -0.2) is 24.8 Å². The highest BCUT2D eigenvalue weighted by molar-refractivity contribution is 6.01. The fourth-order valence-corrected chi connectivity index (χ4v) is 3.41. The molecule has 1 aliphatic heterocycles. The lowest BCUT2D eigenvalue weighted by Gasteiger charge is -2.16. The topological polar surface area (TPSA) is 81.7 Å². The number of carbonyl (C=O) groups excluding carboxylic acids is 1. The van der Waals surface area contributed by atoms with Gasteiger partial charge < -0.3 is 24.8 Å². The van der Waals surface area contributed by atoms with Gasteiger partial charge in [0.05, 0.1) is 30.1 Å². The van der Waals surface area contributed by atoms with E-state index in [4.69, 9.17) is 14.2 Å². The van der Waals surface area contributed by atoms with E-state index < -0.39 is 5.41 Å². The highest BCUT2D eigenvalue weighted by Gasteiger charge is 2.51. The molecule has 4 rings (SSSR count). The normalized spacial score (nSPS) is 16.2. The number of amides is 1. The molecule has 0 unspecified atom stereocenters. The van der Waals surface area contributed by atoms with Gasteiger partial charge in [0, 0.05) is 0 Å². The van der Waals surface area contributed by atoms with Crippen molar-refractivity contribution in [2.24, 2.45) is 0 Å². The number of hydrogen-bond donors (Lipinski definition) is 2. The SMILES string of the molecule is C=C/C(Nc1ccc(NC(=O)C2(c3ccc4c(c3)OCO4)CC2)cn1)=C(\C=C)OC. The number of methoxy groups -OCH3 is 1. The zero-order chi connectivity index (χ0) is 21.1. The van der Waals surface area contributed by atoms with Gasteiger partial charge in [0.15, 0.2) is 11.5 Å². The third-order valence-corrected chi connectivity index (χ3v) is 5.27. The van der Waals surface area contributed by atoms with Crippen LogP contribution in [0, 0.1) is 0 Å². The van der Waals surface area contributed by atoms with Gasteiger partial charge in [0.2, 0.25) is 12.7 Å². The summed E-state index contributed by atoms with van der Waals surface area (Å²) in [6.07, 6.45) is 6.40. The number of fused-ring (bicyclic) bond motifs is 1. The van der Waals surface area contributed by atoms with E-state index in [9.17, 15) is 4.79 Å². The first-order valence-corrected chi connectivity index (χ1v) is 9.57. The van der Waals surface area contributed by atoms with E-state index in [2.05, 4.69) is 28.8 Å². The van der Waals surface area contributed by atoms with Crippen LogP contribution in [0.1, 0.15) is 18.4 Å². The number of nitrogens with one attached hydrogen (secondary N) is 2. The number of hydrogen-bond acceptors (Lipinski definition) is 6. The Bertz CT molecular complexity index is 1020. The van der Waals surface area contributed by atoms with Crippen molar-refractivity contribution in [2.45, 2.75) is 18.3 Å². The molecule has 7 heteroatoms. The van der Waals surface area contributed by atoms with Crippen molar-refractivity contribution in [1.29, 1.82) is 0 Å². The van der Waals surface area contributed by atoms with Gasteiger partial charge >= 0.3 is 0 Å². The van der Waals surface area contributed by atoms with Crippen LogP contribution in [0.25, 0.3) is 0 Å². The summed E-state index contributed by atoms with van der Waals surface area (Å²) in [4.78, 5) is 17.4. The predicted molar refractivity (Wildman–Crippen MR) is 114 cm³/mol. The molecule has 0 spiro atoms. The molecule has 1 aromatic heterocycles. The largest absolute Gasteiger partial charge is 0.495 e. The number of allylic oxidation sites excluding steroid dienone is 2. The van der Waals surface area contributed by atoms with Crippen molar-refractivity contribution < 1.29 is 19.0 Å². The average Bonchev–Trinajstić information content (AvgIpc) is 3.46. The summed E-state index contributed by atoms with van der Waals surface area (Å²) in [5.41, 5.74) is 1.68. The van der Waals surface area contributed by atoms with Crippen LogP contribution in [-0.2, 0) is 14.9 Å². The Morgan fingerprint density at radius 3 is 2.57 bits per heavy atom. The van der Waals surface area contributed by atoms with Crippen molar-refractivity contribution in [3.8, 4) is 11.5 Å². The second kappa shape index (κ2) is 7.94. The summed E-state index contributed by atoms with van der Waals surface area (Å²) in [6.45, 7) is 7.69. The third-order valence-electron chi connectivity index (χ3n) is 5.27. The zero-order valence-corrected chi connectivity index (χ0v) is 16.7. The van der Waals surface area contributed by atoms with Gasteiger partial charge in [-0.05, 0) is 54.8 Å². The van der Waals surface area contributed by atoms with Crippen LogP contribution in [0.5, 0.6) is 11.5 Å². The Kier molecular flexibility index (Phi) is 5.18. The smallest absolute Gasteiger partial charge is 0.235 e. The van der Waals surface area contributed by atoms with Crippen LogP contribution in [0.4, 0.5) is 11.5 Å². The monoisotopic (exact) mass is 405 g/mol. The molecule has 1 aromatic carbocycles. The molecule has 2 aromatic rings. The fraction of sp³-hybridized carbons (Fsp3) is 0.217. The molecule has 0 radical (unpaired) electrons. The summed E-state index contributed by atoms with van der Waals surface area (Å²) >= 11 is 0. The van der Waals surface area contributed by atoms with Crippen LogP contribution in [0.3, 0.4) is 0 Å². The average molecular weight is 405 g/mol. The molecule has 7 nitrogen and oxygen atoms in total. The van der Waals surface area contributed by atoms with Gasteiger partial charge in [0.1, 0.15) is 11.6 Å². The maximum Gasteiger partial charge on any atom is 0.235 e. The zero-order valence-electron chi connectivity index (χ0n) is 16.7. The Hall–Kier alpha value is -3.74. The first kappa shape index (κ1) is 19.6. The van der Waals surface area contributed by atoms with E-state index in [0.29, 0.717) is 34.5 Å². The minimum atomic E-state index is -0.534. The molecule has 30 heavy (non-hydrogen) atoms. The van der Waals surface area contributed by atoms with Crippen molar-refractivity contribution in [1.82, 2.24) is 4.98 Å². The number of pyridine rings is 1. The number of anilines is 2. The highest BCUT2D eigenvalue weighted by atomic mass is 16.7. The summed E-state index contributed by atoms with van der Waals surface area (Å²) in [5.74, 6) is 2.50. The van der Waals surface area contributed by atoms with Gasteiger partial charge in [-0.2, -0.15) is 0 Å². The summed E-state index contributed by atoms with van der Waals surface area (Å²) in [7, 11) is 1.56. The number of nitrogens with zero attached hydrogens (tertiary/aromatic N) is 1. The van der Waals surface area contributed by atoms with Crippen molar-refractivity contribution in [3.05, 3.63) is 78.9 Å². The first-order valence-electron chi connectivity index (χ1n) is 9.57. The van der Waals surface area contributed by atoms with E-state index in [1.807, 2.05) is 18.2 Å². The van der Waals surface area contributed by atoms with Crippen LogP contribution >= 0.6 is 0 Å². The Balaban J connectivity index is 1.46. The van der Waals surface area contributed by atoms with Crippen LogP contribution in [0.15, 0.2) is 73.3 Å². The molecule has 0 atom stereocenters. The molecule has 1 aliphatic carbocycles. The minimum Gasteiger partial charge on any atom is -0.495 e. The van der Waals surface area contributed by atoms with Crippen molar-refractivity contribution in [3.63, 3.8) is 0 Å². The lowest BCUT2D eigenvalue weighted by Crippen LogP contribution is -2.27. The van der Waals surface area contributed by atoms with Gasteiger partial charge in [-0.15, -0.1) is 0 Å². The molecule has 0 saturated heterocycles. The highest BCUT2D eigenvalue weighted by Crippen LogP contribution is 2.51. The number of aromatic nitrogens is 1. The Labute approximate surface area is 175 Å². The lowest BCUT2D eigenvalue weighted by atomic mass is 9.94. The van der Waals surface area contributed by atoms with Crippen LogP contribution in [0.2, 0.25) is 0 Å². The summed E-state index contributed by atoms with van der Waals surface area (Å²) in [5, 5.41) is 6.10. The van der Waals surface area contributed by atoms with Gasteiger partial charge in [-0.3, -0.25) is 4.79 Å². The molecular formula is C23H23N3O4. The van der Waals surface area contributed by atoms with E-state index in [1.54, 1.807) is 37.6 Å².